The van der Waals surface area contributed by atoms with Crippen LogP contribution in [0.25, 0.3) is 0 Å². The van der Waals surface area contributed by atoms with Gasteiger partial charge in [-0.2, -0.15) is 4.31 Å². The Kier molecular flexibility index (Phi) is 5.28. The molecule has 2 atom stereocenters. The highest BCUT2D eigenvalue weighted by molar-refractivity contribution is 7.89. The second-order valence-corrected chi connectivity index (χ2v) is 7.72. The maximum absolute atomic E-state index is 14.3. The highest BCUT2D eigenvalue weighted by Crippen LogP contribution is 2.33. The normalized spacial score (nSPS) is 22.6. The molecular formula is C14H15F4NO5S. The van der Waals surface area contributed by atoms with E-state index in [9.17, 15) is 30.8 Å². The van der Waals surface area contributed by atoms with E-state index in [2.05, 4.69) is 4.74 Å². The van der Waals surface area contributed by atoms with Crippen LogP contribution in [0.4, 0.5) is 17.6 Å². The number of aliphatic carboxylic acids is 1. The molecule has 1 aliphatic rings. The number of rotatable bonds is 4. The van der Waals surface area contributed by atoms with Crippen LogP contribution in [0.15, 0.2) is 23.1 Å². The zero-order valence-electron chi connectivity index (χ0n) is 13.0. The number of nitrogens with zero attached hydrogens (tertiary/aromatic N) is 1. The van der Waals surface area contributed by atoms with Gasteiger partial charge < -0.3 is 9.84 Å². The van der Waals surface area contributed by atoms with E-state index in [0.717, 1.165) is 16.4 Å². The van der Waals surface area contributed by atoms with Crippen molar-refractivity contribution in [2.45, 2.75) is 24.6 Å². The third-order valence-corrected chi connectivity index (χ3v) is 5.60. The van der Waals surface area contributed by atoms with Gasteiger partial charge in [0.25, 0.3) is 0 Å². The Morgan fingerprint density at radius 1 is 1.32 bits per heavy atom. The van der Waals surface area contributed by atoms with Gasteiger partial charge in [0.2, 0.25) is 10.0 Å². The number of sulfonamides is 1. The molecule has 0 amide bonds. The van der Waals surface area contributed by atoms with Gasteiger partial charge in [0, 0.05) is 13.1 Å². The van der Waals surface area contributed by atoms with Gasteiger partial charge in [-0.3, -0.25) is 4.79 Å². The van der Waals surface area contributed by atoms with Gasteiger partial charge in [0.05, 0.1) is 5.92 Å². The lowest BCUT2D eigenvalue weighted by molar-refractivity contribution is -0.275. The minimum absolute atomic E-state index is 0.0596. The summed E-state index contributed by atoms with van der Waals surface area (Å²) in [7, 11) is -4.52. The number of benzene rings is 1. The fourth-order valence-corrected chi connectivity index (χ4v) is 4.39. The van der Waals surface area contributed by atoms with Crippen molar-refractivity contribution in [3.8, 4) is 5.75 Å². The van der Waals surface area contributed by atoms with Crippen LogP contribution < -0.4 is 4.74 Å². The Balaban J connectivity index is 2.39. The number of ether oxygens (including phenoxy) is 1. The maximum atomic E-state index is 14.3. The third kappa shape index (κ3) is 4.40. The van der Waals surface area contributed by atoms with E-state index in [1.807, 2.05) is 0 Å². The molecule has 0 aromatic heterocycles. The number of hydrogen-bond acceptors (Lipinski definition) is 4. The fraction of sp³-hybridized carbons (Fsp3) is 0.500. The molecule has 0 saturated carbocycles. The Morgan fingerprint density at radius 2 is 1.96 bits per heavy atom. The number of halogens is 4. The monoisotopic (exact) mass is 385 g/mol. The van der Waals surface area contributed by atoms with Crippen molar-refractivity contribution in [3.63, 3.8) is 0 Å². The van der Waals surface area contributed by atoms with Crippen LogP contribution in [0.2, 0.25) is 0 Å². The minimum Gasteiger partial charge on any atom is -0.481 e. The summed E-state index contributed by atoms with van der Waals surface area (Å²) < 4.78 is 80.6. The minimum atomic E-state index is -5.18. The summed E-state index contributed by atoms with van der Waals surface area (Å²) in [6, 6.07) is 2.38. The first-order chi connectivity index (χ1) is 11.4. The molecule has 1 aromatic carbocycles. The summed E-state index contributed by atoms with van der Waals surface area (Å²) in [5.74, 6) is -5.42. The maximum Gasteiger partial charge on any atom is 0.573 e. The van der Waals surface area contributed by atoms with Gasteiger partial charge in [0.1, 0.15) is 4.90 Å². The van der Waals surface area contributed by atoms with E-state index < -0.39 is 44.7 Å². The van der Waals surface area contributed by atoms with Crippen molar-refractivity contribution in [1.82, 2.24) is 4.31 Å². The van der Waals surface area contributed by atoms with Crippen molar-refractivity contribution in [1.29, 1.82) is 0 Å². The zero-order valence-corrected chi connectivity index (χ0v) is 13.8. The number of hydrogen-bond donors (Lipinski definition) is 1. The molecule has 140 valence electrons. The number of piperidine rings is 1. The van der Waals surface area contributed by atoms with Crippen LogP contribution in [-0.2, 0) is 14.8 Å². The molecule has 6 nitrogen and oxygen atoms in total. The van der Waals surface area contributed by atoms with Gasteiger partial charge >= 0.3 is 12.3 Å². The van der Waals surface area contributed by atoms with Gasteiger partial charge in [-0.05, 0) is 24.5 Å². The second kappa shape index (κ2) is 6.79. The highest BCUT2D eigenvalue weighted by Gasteiger charge is 2.39. The Hall–Kier alpha value is -1.88. The smallest absolute Gasteiger partial charge is 0.481 e. The lowest BCUT2D eigenvalue weighted by Gasteiger charge is -2.33. The topological polar surface area (TPSA) is 83.9 Å². The van der Waals surface area contributed by atoms with Crippen molar-refractivity contribution in [2.75, 3.05) is 13.1 Å². The number of carbonyl (C=O) groups is 1. The largest absolute Gasteiger partial charge is 0.573 e. The first-order valence-corrected chi connectivity index (χ1v) is 8.63. The molecule has 1 aliphatic heterocycles. The lowest BCUT2D eigenvalue weighted by atomic mass is 9.92. The van der Waals surface area contributed by atoms with E-state index in [0.29, 0.717) is 6.07 Å². The number of carboxylic acid groups (broad SMARTS) is 1. The molecule has 1 heterocycles. The fourth-order valence-electron chi connectivity index (χ4n) is 2.71. The van der Waals surface area contributed by atoms with Crippen LogP contribution in [0, 0.1) is 17.7 Å². The summed E-state index contributed by atoms with van der Waals surface area (Å²) in [6.45, 7) is 1.19. The SMILES string of the molecule is CC1CC(C(=O)O)CN(S(=O)(=O)c2cccc(OC(F)(F)F)c2F)C1. The summed E-state index contributed by atoms with van der Waals surface area (Å²) in [5.41, 5.74) is 0. The molecule has 0 radical (unpaired) electrons. The molecular weight excluding hydrogens is 370 g/mol. The zero-order chi connectivity index (χ0) is 19.0. The first kappa shape index (κ1) is 19.4. The average Bonchev–Trinajstić information content (AvgIpc) is 2.47. The molecule has 1 aromatic rings. The second-order valence-electron chi connectivity index (χ2n) is 5.81. The van der Waals surface area contributed by atoms with Crippen LogP contribution in [0.3, 0.4) is 0 Å². The van der Waals surface area contributed by atoms with Crippen molar-refractivity contribution in [2.24, 2.45) is 11.8 Å². The first-order valence-electron chi connectivity index (χ1n) is 7.19. The Labute approximate surface area is 141 Å². The summed E-state index contributed by atoms with van der Waals surface area (Å²) in [5, 5.41) is 9.10. The standard InChI is InChI=1S/C14H15F4NO5S/c1-8-5-9(13(20)21)7-19(6-8)25(22,23)11-4-2-3-10(12(11)15)24-14(16,17)18/h2-4,8-9H,5-7H2,1H3,(H,20,21). The summed E-state index contributed by atoms with van der Waals surface area (Å²) in [6.07, 6.45) is -4.93. The van der Waals surface area contributed by atoms with Crippen LogP contribution in [0.5, 0.6) is 5.75 Å². The number of carboxylic acids is 1. The highest BCUT2D eigenvalue weighted by atomic mass is 32.2. The van der Waals surface area contributed by atoms with Crippen molar-refractivity contribution >= 4 is 16.0 Å². The predicted molar refractivity (Wildman–Crippen MR) is 76.7 cm³/mol. The van der Waals surface area contributed by atoms with Crippen LogP contribution in [0.1, 0.15) is 13.3 Å². The predicted octanol–water partition coefficient (Wildman–Crippen LogP) is 2.46. The van der Waals surface area contributed by atoms with Gasteiger partial charge in [-0.15, -0.1) is 13.2 Å². The van der Waals surface area contributed by atoms with E-state index in [-0.39, 0.29) is 25.4 Å². The molecule has 2 unspecified atom stereocenters. The van der Waals surface area contributed by atoms with Crippen LogP contribution >= 0.6 is 0 Å². The van der Waals surface area contributed by atoms with E-state index in [1.165, 1.54) is 0 Å². The third-order valence-electron chi connectivity index (χ3n) is 3.75. The molecule has 11 heteroatoms. The molecule has 1 saturated heterocycles. The molecule has 0 bridgehead atoms. The van der Waals surface area contributed by atoms with Crippen molar-refractivity contribution < 1.29 is 40.6 Å². The molecule has 1 N–H and O–H groups in total. The van der Waals surface area contributed by atoms with Crippen LogP contribution in [-0.4, -0.2) is 43.3 Å². The van der Waals surface area contributed by atoms with Gasteiger partial charge in [-0.25, -0.2) is 12.8 Å². The van der Waals surface area contributed by atoms with E-state index in [1.54, 1.807) is 6.92 Å². The van der Waals surface area contributed by atoms with Gasteiger partial charge in [-0.1, -0.05) is 13.0 Å². The molecule has 0 spiro atoms. The Bertz CT molecular complexity index is 765. The molecule has 1 fully saturated rings. The molecule has 2 rings (SSSR count). The van der Waals surface area contributed by atoms with E-state index >= 15 is 0 Å². The van der Waals surface area contributed by atoms with Crippen molar-refractivity contribution in [3.05, 3.63) is 24.0 Å². The quantitative estimate of drug-likeness (QED) is 0.805. The Morgan fingerprint density at radius 3 is 2.52 bits per heavy atom. The van der Waals surface area contributed by atoms with E-state index in [4.69, 9.17) is 5.11 Å². The number of alkyl halides is 3. The lowest BCUT2D eigenvalue weighted by Crippen LogP contribution is -2.45. The molecule has 25 heavy (non-hydrogen) atoms. The van der Waals surface area contributed by atoms with Gasteiger partial charge in [0.15, 0.2) is 11.6 Å². The molecule has 0 aliphatic carbocycles. The average molecular weight is 385 g/mol. The summed E-state index contributed by atoms with van der Waals surface area (Å²) >= 11 is 0. The summed E-state index contributed by atoms with van der Waals surface area (Å²) in [4.78, 5) is 10.2.